The standard InChI is InChI=1S/C26H22F5N3O2/c27-21-10-17(24(32)33)11-22(28)20(21)12-34-25(36)14-2-4-19-16(8-14)9-15-7-13(5-6-26(29,30)31)1-3-18(15)23(19)35/h1-4,7-8,10-11,23,35H,5-6,9,12H2,(H3,32,33)(H,34,36)/t23-/m0/s1. The molecule has 1 aliphatic rings. The minimum Gasteiger partial charge on any atom is -0.384 e. The maximum absolute atomic E-state index is 14.3. The number of nitrogen functional groups attached to an aromatic ring is 1. The number of hydrogen-bond acceptors (Lipinski definition) is 3. The molecular weight excluding hydrogens is 481 g/mol. The van der Waals surface area contributed by atoms with Crippen LogP contribution in [0.2, 0.25) is 0 Å². The van der Waals surface area contributed by atoms with Gasteiger partial charge in [0.15, 0.2) is 0 Å². The number of nitrogens with one attached hydrogen (secondary N) is 2. The zero-order chi connectivity index (χ0) is 26.2. The monoisotopic (exact) mass is 503 g/mol. The van der Waals surface area contributed by atoms with E-state index < -0.39 is 48.6 Å². The molecule has 1 atom stereocenters. The van der Waals surface area contributed by atoms with Crippen LogP contribution in [0.15, 0.2) is 48.5 Å². The van der Waals surface area contributed by atoms with E-state index in [0.29, 0.717) is 34.2 Å². The van der Waals surface area contributed by atoms with Crippen molar-refractivity contribution in [2.45, 2.75) is 38.1 Å². The Bertz CT molecular complexity index is 1330. The summed E-state index contributed by atoms with van der Waals surface area (Å²) in [5.41, 5.74) is 7.89. The number of aliphatic hydroxyl groups is 1. The summed E-state index contributed by atoms with van der Waals surface area (Å²) in [6, 6.07) is 11.3. The molecule has 3 aromatic rings. The van der Waals surface area contributed by atoms with Crippen molar-refractivity contribution < 1.29 is 31.9 Å². The van der Waals surface area contributed by atoms with Crippen molar-refractivity contribution in [1.29, 1.82) is 5.41 Å². The van der Waals surface area contributed by atoms with Crippen molar-refractivity contribution >= 4 is 11.7 Å². The number of amidine groups is 1. The van der Waals surface area contributed by atoms with E-state index in [1.54, 1.807) is 30.3 Å². The van der Waals surface area contributed by atoms with Gasteiger partial charge in [0.05, 0.1) is 0 Å². The summed E-state index contributed by atoms with van der Waals surface area (Å²) < 4.78 is 66.3. The SMILES string of the molecule is N=C(N)c1cc(F)c(CNC(=O)c2ccc3c(c2)Cc2cc(CCC(F)(F)F)ccc2[C@@H]3O)c(F)c1. The van der Waals surface area contributed by atoms with Crippen LogP contribution >= 0.6 is 0 Å². The van der Waals surface area contributed by atoms with E-state index in [9.17, 15) is 31.9 Å². The van der Waals surface area contributed by atoms with E-state index in [4.69, 9.17) is 11.1 Å². The van der Waals surface area contributed by atoms with Gasteiger partial charge in [0.1, 0.15) is 23.6 Å². The van der Waals surface area contributed by atoms with E-state index in [1.165, 1.54) is 6.07 Å². The van der Waals surface area contributed by atoms with Gasteiger partial charge < -0.3 is 16.2 Å². The van der Waals surface area contributed by atoms with Gasteiger partial charge in [-0.05, 0) is 64.9 Å². The summed E-state index contributed by atoms with van der Waals surface area (Å²) in [5.74, 6) is -3.00. The van der Waals surface area contributed by atoms with E-state index in [2.05, 4.69) is 5.32 Å². The van der Waals surface area contributed by atoms with Gasteiger partial charge in [0.2, 0.25) is 0 Å². The number of carbonyl (C=O) groups is 1. The van der Waals surface area contributed by atoms with Crippen LogP contribution in [0.1, 0.15) is 61.8 Å². The van der Waals surface area contributed by atoms with Crippen LogP contribution < -0.4 is 11.1 Å². The van der Waals surface area contributed by atoms with Crippen LogP contribution in [0.4, 0.5) is 22.0 Å². The molecule has 0 aromatic heterocycles. The average Bonchev–Trinajstić information content (AvgIpc) is 2.81. The molecule has 5 N–H and O–H groups in total. The summed E-state index contributed by atoms with van der Waals surface area (Å²) in [6.45, 7) is -0.445. The number of amides is 1. The molecule has 0 aliphatic heterocycles. The fourth-order valence-corrected chi connectivity index (χ4v) is 4.26. The largest absolute Gasteiger partial charge is 0.389 e. The Hall–Kier alpha value is -3.79. The average molecular weight is 503 g/mol. The van der Waals surface area contributed by atoms with Gasteiger partial charge in [-0.15, -0.1) is 0 Å². The second kappa shape index (κ2) is 9.69. The van der Waals surface area contributed by atoms with E-state index in [0.717, 1.165) is 12.1 Å². The third kappa shape index (κ3) is 5.38. The zero-order valence-corrected chi connectivity index (χ0v) is 18.8. The third-order valence-corrected chi connectivity index (χ3v) is 6.16. The summed E-state index contributed by atoms with van der Waals surface area (Å²) in [7, 11) is 0. The van der Waals surface area contributed by atoms with Crippen LogP contribution in [0.5, 0.6) is 0 Å². The number of carbonyl (C=O) groups excluding carboxylic acids is 1. The summed E-state index contributed by atoms with van der Waals surface area (Å²) >= 11 is 0. The number of rotatable bonds is 6. The fourth-order valence-electron chi connectivity index (χ4n) is 4.26. The van der Waals surface area contributed by atoms with Crippen LogP contribution in [-0.4, -0.2) is 23.0 Å². The quantitative estimate of drug-likeness (QED) is 0.224. The summed E-state index contributed by atoms with van der Waals surface area (Å²) in [4.78, 5) is 12.7. The first-order valence-corrected chi connectivity index (χ1v) is 11.0. The highest BCUT2D eigenvalue weighted by Gasteiger charge is 2.28. The van der Waals surface area contributed by atoms with Gasteiger partial charge in [0.25, 0.3) is 5.91 Å². The molecule has 4 rings (SSSR count). The number of aliphatic hydroxyl groups excluding tert-OH is 1. The molecule has 0 fully saturated rings. The lowest BCUT2D eigenvalue weighted by atomic mass is 9.82. The van der Waals surface area contributed by atoms with Gasteiger partial charge in [0, 0.05) is 29.7 Å². The van der Waals surface area contributed by atoms with E-state index >= 15 is 0 Å². The third-order valence-electron chi connectivity index (χ3n) is 6.16. The first-order valence-electron chi connectivity index (χ1n) is 11.0. The lowest BCUT2D eigenvalue weighted by Crippen LogP contribution is -2.25. The van der Waals surface area contributed by atoms with Crippen molar-refractivity contribution in [3.05, 3.63) is 105 Å². The topological polar surface area (TPSA) is 99.2 Å². The molecule has 5 nitrogen and oxygen atoms in total. The predicted molar refractivity (Wildman–Crippen MR) is 123 cm³/mol. The molecule has 0 radical (unpaired) electrons. The Morgan fingerprint density at radius 2 is 1.61 bits per heavy atom. The lowest BCUT2D eigenvalue weighted by Gasteiger charge is -2.26. The molecule has 1 amide bonds. The molecule has 1 aliphatic carbocycles. The summed E-state index contributed by atoms with van der Waals surface area (Å²) in [6.07, 6.45) is -6.10. The van der Waals surface area contributed by atoms with Crippen molar-refractivity contribution in [2.24, 2.45) is 5.73 Å². The van der Waals surface area contributed by atoms with Crippen LogP contribution in [-0.2, 0) is 19.4 Å². The van der Waals surface area contributed by atoms with Crippen molar-refractivity contribution in [1.82, 2.24) is 5.32 Å². The highest BCUT2D eigenvalue weighted by atomic mass is 19.4. The van der Waals surface area contributed by atoms with Crippen molar-refractivity contribution in [3.8, 4) is 0 Å². The molecule has 36 heavy (non-hydrogen) atoms. The first-order chi connectivity index (χ1) is 16.9. The second-order valence-corrected chi connectivity index (χ2v) is 8.66. The van der Waals surface area contributed by atoms with Crippen molar-refractivity contribution in [2.75, 3.05) is 0 Å². The number of aryl methyl sites for hydroxylation is 1. The minimum atomic E-state index is -4.27. The molecule has 0 spiro atoms. The molecule has 0 saturated carbocycles. The summed E-state index contributed by atoms with van der Waals surface area (Å²) in [5, 5.41) is 20.5. The van der Waals surface area contributed by atoms with Crippen molar-refractivity contribution in [3.63, 3.8) is 0 Å². The molecule has 0 unspecified atom stereocenters. The smallest absolute Gasteiger partial charge is 0.384 e. The number of nitrogens with two attached hydrogens (primary N) is 1. The fraction of sp³-hybridized carbons (Fsp3) is 0.231. The van der Waals surface area contributed by atoms with Gasteiger partial charge in [-0.2, -0.15) is 13.2 Å². The number of benzene rings is 3. The second-order valence-electron chi connectivity index (χ2n) is 8.66. The zero-order valence-electron chi connectivity index (χ0n) is 18.8. The number of fused-ring (bicyclic) bond motifs is 2. The first kappa shape index (κ1) is 25.3. The minimum absolute atomic E-state index is 0.116. The number of halogens is 5. The Kier molecular flexibility index (Phi) is 6.81. The predicted octanol–water partition coefficient (Wildman–Crippen LogP) is 4.66. The molecule has 0 heterocycles. The van der Waals surface area contributed by atoms with Crippen LogP contribution in [0.25, 0.3) is 0 Å². The molecule has 10 heteroatoms. The van der Waals surface area contributed by atoms with Crippen LogP contribution in [0.3, 0.4) is 0 Å². The van der Waals surface area contributed by atoms with E-state index in [1.807, 2.05) is 0 Å². The number of hydrogen-bond donors (Lipinski definition) is 4. The highest BCUT2D eigenvalue weighted by Crippen LogP contribution is 2.36. The Balaban J connectivity index is 1.51. The molecule has 0 saturated heterocycles. The van der Waals surface area contributed by atoms with Gasteiger partial charge in [-0.3, -0.25) is 10.2 Å². The van der Waals surface area contributed by atoms with Gasteiger partial charge in [-0.1, -0.05) is 24.3 Å². The lowest BCUT2D eigenvalue weighted by molar-refractivity contribution is -0.134. The molecule has 3 aromatic carbocycles. The number of alkyl halides is 3. The Morgan fingerprint density at radius 3 is 2.22 bits per heavy atom. The van der Waals surface area contributed by atoms with Gasteiger partial charge in [-0.25, -0.2) is 8.78 Å². The normalized spacial score (nSPS) is 14.7. The van der Waals surface area contributed by atoms with Gasteiger partial charge >= 0.3 is 6.18 Å². The molecule has 0 bridgehead atoms. The van der Waals surface area contributed by atoms with E-state index in [-0.39, 0.29) is 23.1 Å². The molecule has 188 valence electrons. The molecular formula is C26H22F5N3O2. The highest BCUT2D eigenvalue weighted by molar-refractivity contribution is 5.95. The van der Waals surface area contributed by atoms with Crippen LogP contribution in [0, 0.1) is 17.0 Å². The maximum Gasteiger partial charge on any atom is 0.389 e. The Morgan fingerprint density at radius 1 is 1.00 bits per heavy atom. The Labute approximate surface area is 203 Å². The maximum atomic E-state index is 14.3.